The molecule has 4 rings (SSSR count). The zero-order valence-corrected chi connectivity index (χ0v) is 16.7. The Balaban J connectivity index is 0.00000240. The molecule has 0 N–H and O–H groups in total. The molecule has 0 bridgehead atoms. The first-order valence-electron chi connectivity index (χ1n) is 9.43. The molecule has 0 radical (unpaired) electrons. The van der Waals surface area contributed by atoms with Crippen molar-refractivity contribution < 1.29 is 32.3 Å². The van der Waals surface area contributed by atoms with Gasteiger partial charge in [0.25, 0.3) is 0 Å². The first-order valence-corrected chi connectivity index (χ1v) is 11.1. The van der Waals surface area contributed by atoms with E-state index >= 15 is 0 Å². The Hall–Kier alpha value is -0.264. The maximum atomic E-state index is 13.2. The van der Waals surface area contributed by atoms with Crippen LogP contribution in [0.1, 0.15) is 52.7 Å². The molecular formula is C20H23KO7S. The summed E-state index contributed by atoms with van der Waals surface area (Å²) < 4.78 is 37.2. The van der Waals surface area contributed by atoms with Crippen LogP contribution < -0.4 is 0 Å². The second kappa shape index (κ2) is 8.35. The number of benzene rings is 1. The average molecular weight is 447 g/mol. The molecule has 7 nitrogen and oxygen atoms in total. The summed E-state index contributed by atoms with van der Waals surface area (Å²) in [6.07, 6.45) is 1.01. The molecule has 1 saturated carbocycles. The van der Waals surface area contributed by atoms with Gasteiger partial charge in [-0.3, -0.25) is 14.4 Å². The summed E-state index contributed by atoms with van der Waals surface area (Å²) in [6, 6.07) is 1.48. The third-order valence-corrected chi connectivity index (χ3v) is 7.78. The molecule has 0 atom stereocenters. The Kier molecular flexibility index (Phi) is 6.74. The minimum absolute atomic E-state index is 0. The van der Waals surface area contributed by atoms with Gasteiger partial charge in [-0.15, -0.1) is 0 Å². The van der Waals surface area contributed by atoms with Gasteiger partial charge in [0, 0.05) is 30.4 Å². The molecule has 9 heteroatoms. The van der Waals surface area contributed by atoms with Gasteiger partial charge >= 0.3 is 51.4 Å². The van der Waals surface area contributed by atoms with E-state index in [1.807, 2.05) is 0 Å². The number of ketones is 3. The van der Waals surface area contributed by atoms with Crippen molar-refractivity contribution in [2.24, 2.45) is 5.92 Å². The number of aryl methyl sites for hydroxylation is 1. The fourth-order valence-electron chi connectivity index (χ4n) is 4.60. The number of hydrogen-bond donors (Lipinski definition) is 0. The first-order chi connectivity index (χ1) is 13.2. The molecule has 0 aromatic heterocycles. The summed E-state index contributed by atoms with van der Waals surface area (Å²) in [5.41, 5.74) is 1.34. The van der Waals surface area contributed by atoms with E-state index in [4.69, 9.17) is 9.47 Å². The molecular weight excluding hydrogens is 423 g/mol. The van der Waals surface area contributed by atoms with Crippen molar-refractivity contribution in [1.29, 1.82) is 0 Å². The van der Waals surface area contributed by atoms with Crippen LogP contribution in [0.2, 0.25) is 0 Å². The van der Waals surface area contributed by atoms with Crippen LogP contribution in [0.25, 0.3) is 0 Å². The van der Waals surface area contributed by atoms with Crippen molar-refractivity contribution >= 4 is 78.6 Å². The molecule has 29 heavy (non-hydrogen) atoms. The standard InChI is InChI=1S/C20H22O7S.K.H/c1-11-10-13(18(23)16-14(21)4-3-5-15(16)22)12(2)17-19(11)28(24,25)9-6-20(17)26-7-8-27-20;;/h10,16H,3-9H2,1-2H3;;. The zero-order chi connectivity index (χ0) is 20.3. The van der Waals surface area contributed by atoms with E-state index in [-0.39, 0.29) is 98.4 Å². The molecule has 0 unspecified atom stereocenters. The monoisotopic (exact) mass is 446 g/mol. The number of carbonyl (C=O) groups excluding carboxylic acids is 3. The molecule has 1 aromatic rings. The van der Waals surface area contributed by atoms with Crippen molar-refractivity contribution in [1.82, 2.24) is 0 Å². The topological polar surface area (TPSA) is 104 Å². The average Bonchev–Trinajstić information content (AvgIpc) is 3.09. The van der Waals surface area contributed by atoms with E-state index < -0.39 is 27.3 Å². The quantitative estimate of drug-likeness (QED) is 0.381. The van der Waals surface area contributed by atoms with Crippen LogP contribution in [-0.4, -0.2) is 96.1 Å². The normalized spacial score (nSPS) is 23.0. The molecule has 2 heterocycles. The fraction of sp³-hybridized carbons (Fsp3) is 0.550. The predicted octanol–water partition coefficient (Wildman–Crippen LogP) is 1.15. The van der Waals surface area contributed by atoms with Gasteiger partial charge in [0.2, 0.25) is 0 Å². The molecule has 2 aliphatic heterocycles. The number of Topliss-reactive ketones (excluding diaryl/α,β-unsaturated/α-hetero) is 3. The molecule has 2 fully saturated rings. The third-order valence-electron chi connectivity index (χ3n) is 5.89. The van der Waals surface area contributed by atoms with Crippen LogP contribution in [0, 0.1) is 19.8 Å². The molecule has 1 aliphatic carbocycles. The van der Waals surface area contributed by atoms with Crippen molar-refractivity contribution in [2.75, 3.05) is 19.0 Å². The van der Waals surface area contributed by atoms with Gasteiger partial charge in [0.15, 0.2) is 33.0 Å². The Bertz CT molecular complexity index is 990. The van der Waals surface area contributed by atoms with E-state index in [2.05, 4.69) is 0 Å². The van der Waals surface area contributed by atoms with Crippen LogP contribution in [0.3, 0.4) is 0 Å². The number of rotatable bonds is 2. The minimum atomic E-state index is -3.55. The van der Waals surface area contributed by atoms with Gasteiger partial charge in [0.05, 0.1) is 23.9 Å². The second-order valence-corrected chi connectivity index (χ2v) is 9.72. The summed E-state index contributed by atoms with van der Waals surface area (Å²) in [5, 5.41) is 0. The Labute approximate surface area is 212 Å². The van der Waals surface area contributed by atoms with Gasteiger partial charge in [-0.05, 0) is 37.5 Å². The van der Waals surface area contributed by atoms with Gasteiger partial charge < -0.3 is 9.47 Å². The van der Waals surface area contributed by atoms with E-state index in [9.17, 15) is 22.8 Å². The van der Waals surface area contributed by atoms with Crippen molar-refractivity contribution in [3.8, 4) is 0 Å². The predicted molar refractivity (Wildman–Crippen MR) is 105 cm³/mol. The van der Waals surface area contributed by atoms with Crippen molar-refractivity contribution in [3.63, 3.8) is 0 Å². The molecule has 0 amide bonds. The second-order valence-electron chi connectivity index (χ2n) is 7.67. The van der Waals surface area contributed by atoms with Crippen molar-refractivity contribution in [3.05, 3.63) is 28.3 Å². The Morgan fingerprint density at radius 2 is 1.69 bits per heavy atom. The van der Waals surface area contributed by atoms with Gasteiger partial charge in [0.1, 0.15) is 5.92 Å². The summed E-state index contributed by atoms with van der Waals surface area (Å²) in [4.78, 5) is 37.8. The number of sulfone groups is 1. The van der Waals surface area contributed by atoms with E-state index in [0.29, 0.717) is 36.3 Å². The summed E-state index contributed by atoms with van der Waals surface area (Å²) in [6.45, 7) is 3.91. The van der Waals surface area contributed by atoms with E-state index in [1.54, 1.807) is 13.8 Å². The molecule has 1 spiro atoms. The van der Waals surface area contributed by atoms with Crippen LogP contribution in [0.15, 0.2) is 11.0 Å². The summed E-state index contributed by atoms with van der Waals surface area (Å²) >= 11 is 0. The summed E-state index contributed by atoms with van der Waals surface area (Å²) in [5.74, 6) is -3.90. The number of hydrogen-bond acceptors (Lipinski definition) is 7. The van der Waals surface area contributed by atoms with Crippen LogP contribution >= 0.6 is 0 Å². The van der Waals surface area contributed by atoms with Gasteiger partial charge in [-0.25, -0.2) is 8.42 Å². The Morgan fingerprint density at radius 3 is 2.28 bits per heavy atom. The number of carbonyl (C=O) groups is 3. The zero-order valence-electron chi connectivity index (χ0n) is 15.9. The number of ether oxygens (including phenoxy) is 2. The van der Waals surface area contributed by atoms with Gasteiger partial charge in [-0.2, -0.15) is 0 Å². The number of fused-ring (bicyclic) bond motifs is 2. The van der Waals surface area contributed by atoms with E-state index in [0.717, 1.165) is 0 Å². The maximum absolute atomic E-state index is 13.2. The Morgan fingerprint density at radius 1 is 1.10 bits per heavy atom. The third kappa shape index (κ3) is 3.78. The molecule has 3 aliphatic rings. The van der Waals surface area contributed by atoms with Crippen LogP contribution in [0.5, 0.6) is 0 Å². The summed E-state index contributed by atoms with van der Waals surface area (Å²) in [7, 11) is -3.55. The molecule has 152 valence electrons. The van der Waals surface area contributed by atoms with Crippen LogP contribution in [-0.2, 0) is 34.7 Å². The van der Waals surface area contributed by atoms with Crippen LogP contribution in [0.4, 0.5) is 0 Å². The van der Waals surface area contributed by atoms with E-state index in [1.165, 1.54) is 6.07 Å². The fourth-order valence-corrected chi connectivity index (χ4v) is 6.51. The van der Waals surface area contributed by atoms with Crippen molar-refractivity contribution in [2.45, 2.75) is 50.2 Å². The van der Waals surface area contributed by atoms with Gasteiger partial charge in [-0.1, -0.05) is 0 Å². The first kappa shape index (κ1) is 23.4. The molecule has 1 saturated heterocycles. The SMILES string of the molecule is Cc1cc(C(=O)C2C(=O)CCCC2=O)c(C)c2c1S(=O)(=O)CCC21OCCO1.[KH]. The molecule has 1 aromatic carbocycles.